The van der Waals surface area contributed by atoms with Crippen LogP contribution in [0.25, 0.3) is 32.6 Å². The fraction of sp³-hybridized carbons (Fsp3) is 0.0833. The molecule has 6 heteroatoms. The number of nitrogens with zero attached hydrogens (tertiary/aromatic N) is 4. The van der Waals surface area contributed by atoms with Gasteiger partial charge in [-0.3, -0.25) is 4.79 Å². The number of benzene rings is 4. The maximum Gasteiger partial charge on any atom is 0.241 e. The van der Waals surface area contributed by atoms with Gasteiger partial charge in [-0.05, 0) is 39.7 Å². The van der Waals surface area contributed by atoms with Crippen LogP contribution in [0.2, 0.25) is 0 Å². The lowest BCUT2D eigenvalue weighted by Crippen LogP contribution is -2.19. The summed E-state index contributed by atoms with van der Waals surface area (Å²) in [6.45, 7) is 0.444. The molecule has 6 nitrogen and oxygen atoms in total. The molecule has 1 amide bonds. The van der Waals surface area contributed by atoms with Crippen LogP contribution in [-0.2, 0) is 11.3 Å². The molecule has 5 rings (SSSR count). The maximum absolute atomic E-state index is 12.3. The zero-order chi connectivity index (χ0) is 20.3. The largest absolute Gasteiger partial charge is 0.273 e. The number of hydrogen-bond acceptors (Lipinski definition) is 4. The molecule has 0 unspecified atom stereocenters. The number of hydrogen-bond donors (Lipinski definition) is 1. The van der Waals surface area contributed by atoms with Gasteiger partial charge in [0.05, 0.1) is 18.3 Å². The van der Waals surface area contributed by atoms with Gasteiger partial charge in [-0.2, -0.15) is 5.10 Å². The molecule has 0 spiro atoms. The number of rotatable bonds is 5. The predicted octanol–water partition coefficient (Wildman–Crippen LogP) is 4.28. The van der Waals surface area contributed by atoms with Gasteiger partial charge in [-0.1, -0.05) is 65.9 Å². The summed E-state index contributed by atoms with van der Waals surface area (Å²) in [7, 11) is 0. The highest BCUT2D eigenvalue weighted by molar-refractivity contribution is 6.13. The highest BCUT2D eigenvalue weighted by atomic mass is 16.2. The van der Waals surface area contributed by atoms with E-state index in [9.17, 15) is 4.79 Å². The Morgan fingerprint density at radius 2 is 1.60 bits per heavy atom. The van der Waals surface area contributed by atoms with Crippen LogP contribution in [0.4, 0.5) is 0 Å². The van der Waals surface area contributed by atoms with Gasteiger partial charge in [0.25, 0.3) is 0 Å². The Kier molecular flexibility index (Phi) is 4.65. The minimum Gasteiger partial charge on any atom is -0.273 e. The SMILES string of the molecule is O=C(CCn1nnc2ccccc21)NN=Cc1c2ccccc2cc2ccccc12. The third-order valence-corrected chi connectivity index (χ3v) is 5.17. The van der Waals surface area contributed by atoms with Gasteiger partial charge >= 0.3 is 0 Å². The Balaban J connectivity index is 1.34. The summed E-state index contributed by atoms with van der Waals surface area (Å²) in [5, 5.41) is 16.9. The van der Waals surface area contributed by atoms with Gasteiger partial charge in [-0.25, -0.2) is 10.1 Å². The molecule has 0 bridgehead atoms. The summed E-state index contributed by atoms with van der Waals surface area (Å²) >= 11 is 0. The second-order valence-electron chi connectivity index (χ2n) is 7.08. The van der Waals surface area contributed by atoms with Crippen molar-refractivity contribution in [2.75, 3.05) is 0 Å². The van der Waals surface area contributed by atoms with Crippen LogP contribution in [-0.4, -0.2) is 27.1 Å². The molecule has 0 fully saturated rings. The molecule has 0 aliphatic rings. The van der Waals surface area contributed by atoms with Crippen molar-refractivity contribution in [1.82, 2.24) is 20.4 Å². The van der Waals surface area contributed by atoms with E-state index in [1.165, 1.54) is 0 Å². The molecule has 0 aliphatic carbocycles. The quantitative estimate of drug-likeness (QED) is 0.275. The summed E-state index contributed by atoms with van der Waals surface area (Å²) in [5.41, 5.74) is 5.36. The van der Waals surface area contributed by atoms with Crippen LogP contribution in [0.15, 0.2) is 84.0 Å². The van der Waals surface area contributed by atoms with Crippen LogP contribution in [0.1, 0.15) is 12.0 Å². The number of fused-ring (bicyclic) bond motifs is 3. The van der Waals surface area contributed by atoms with Crippen LogP contribution < -0.4 is 5.43 Å². The molecule has 30 heavy (non-hydrogen) atoms. The van der Waals surface area contributed by atoms with Gasteiger partial charge in [0.1, 0.15) is 5.52 Å². The highest BCUT2D eigenvalue weighted by Crippen LogP contribution is 2.27. The zero-order valence-electron chi connectivity index (χ0n) is 16.2. The van der Waals surface area contributed by atoms with Gasteiger partial charge in [0.15, 0.2) is 0 Å². The highest BCUT2D eigenvalue weighted by Gasteiger charge is 2.07. The van der Waals surface area contributed by atoms with Crippen molar-refractivity contribution in [3.05, 3.63) is 84.4 Å². The molecule has 5 aromatic rings. The molecular weight excluding hydrogens is 374 g/mol. The third kappa shape index (κ3) is 3.39. The number of aromatic nitrogens is 3. The smallest absolute Gasteiger partial charge is 0.241 e. The van der Waals surface area contributed by atoms with E-state index in [0.29, 0.717) is 6.54 Å². The summed E-state index contributed by atoms with van der Waals surface area (Å²) in [4.78, 5) is 12.3. The zero-order valence-corrected chi connectivity index (χ0v) is 16.2. The Labute approximate surface area is 172 Å². The molecule has 1 N–H and O–H groups in total. The molecule has 1 aromatic heterocycles. The molecule has 0 radical (unpaired) electrons. The summed E-state index contributed by atoms with van der Waals surface area (Å²) < 4.78 is 1.73. The van der Waals surface area contributed by atoms with Crippen molar-refractivity contribution < 1.29 is 4.79 Å². The third-order valence-electron chi connectivity index (χ3n) is 5.17. The van der Waals surface area contributed by atoms with Crippen molar-refractivity contribution in [3.63, 3.8) is 0 Å². The predicted molar refractivity (Wildman–Crippen MR) is 119 cm³/mol. The van der Waals surface area contributed by atoms with Crippen LogP contribution >= 0.6 is 0 Å². The number of aryl methyl sites for hydroxylation is 1. The lowest BCUT2D eigenvalue weighted by atomic mass is 9.97. The van der Waals surface area contributed by atoms with Crippen molar-refractivity contribution in [3.8, 4) is 0 Å². The lowest BCUT2D eigenvalue weighted by Gasteiger charge is -2.08. The minimum absolute atomic E-state index is 0.171. The number of nitrogens with one attached hydrogen (secondary N) is 1. The van der Waals surface area contributed by atoms with Crippen molar-refractivity contribution >= 4 is 44.7 Å². The fourth-order valence-corrected chi connectivity index (χ4v) is 3.70. The van der Waals surface area contributed by atoms with E-state index in [-0.39, 0.29) is 12.3 Å². The number of carbonyl (C=O) groups excluding carboxylic acids is 1. The van der Waals surface area contributed by atoms with Crippen molar-refractivity contribution in [2.45, 2.75) is 13.0 Å². The van der Waals surface area contributed by atoms with E-state index in [0.717, 1.165) is 38.1 Å². The normalized spacial score (nSPS) is 11.6. The standard InChI is InChI=1S/C24H19N5O/c30-24(13-14-29-23-12-6-5-11-22(23)26-28-29)27-25-16-21-19-9-3-1-7-17(19)15-18-8-2-4-10-20(18)21/h1-12,15-16H,13-14H2,(H,27,30). The molecular formula is C24H19N5O. The Morgan fingerprint density at radius 3 is 2.37 bits per heavy atom. The summed E-state index contributed by atoms with van der Waals surface area (Å²) in [6.07, 6.45) is 1.99. The second kappa shape index (κ2) is 7.75. The molecule has 4 aromatic carbocycles. The molecule has 0 saturated heterocycles. The monoisotopic (exact) mass is 393 g/mol. The van der Waals surface area contributed by atoms with E-state index in [4.69, 9.17) is 0 Å². The number of hydrazone groups is 1. The Hall–Kier alpha value is -4.06. The Morgan fingerprint density at radius 1 is 0.933 bits per heavy atom. The molecule has 0 saturated carbocycles. The topological polar surface area (TPSA) is 72.2 Å². The van der Waals surface area contributed by atoms with E-state index in [1.54, 1.807) is 10.9 Å². The van der Waals surface area contributed by atoms with Crippen LogP contribution in [0.3, 0.4) is 0 Å². The molecule has 0 atom stereocenters. The van der Waals surface area contributed by atoms with Gasteiger partial charge in [0.2, 0.25) is 5.91 Å². The molecule has 146 valence electrons. The van der Waals surface area contributed by atoms with E-state index in [1.807, 2.05) is 48.5 Å². The average molecular weight is 393 g/mol. The van der Waals surface area contributed by atoms with E-state index in [2.05, 4.69) is 51.2 Å². The lowest BCUT2D eigenvalue weighted by molar-refractivity contribution is -0.121. The Bertz CT molecular complexity index is 1350. The maximum atomic E-state index is 12.3. The van der Waals surface area contributed by atoms with E-state index >= 15 is 0 Å². The van der Waals surface area contributed by atoms with Crippen molar-refractivity contribution in [2.24, 2.45) is 5.10 Å². The van der Waals surface area contributed by atoms with Gasteiger partial charge in [-0.15, -0.1) is 5.10 Å². The van der Waals surface area contributed by atoms with Crippen molar-refractivity contribution in [1.29, 1.82) is 0 Å². The first-order valence-electron chi connectivity index (χ1n) is 9.80. The average Bonchev–Trinajstić information content (AvgIpc) is 3.20. The summed E-state index contributed by atoms with van der Waals surface area (Å²) in [6, 6.07) is 26.2. The fourth-order valence-electron chi connectivity index (χ4n) is 3.70. The first-order chi connectivity index (χ1) is 14.8. The van der Waals surface area contributed by atoms with Crippen LogP contribution in [0, 0.1) is 0 Å². The van der Waals surface area contributed by atoms with E-state index < -0.39 is 0 Å². The van der Waals surface area contributed by atoms with Gasteiger partial charge < -0.3 is 0 Å². The summed E-state index contributed by atoms with van der Waals surface area (Å²) in [5.74, 6) is -0.171. The molecule has 0 aliphatic heterocycles. The first kappa shape index (κ1) is 18.0. The second-order valence-corrected chi connectivity index (χ2v) is 7.08. The van der Waals surface area contributed by atoms with Gasteiger partial charge in [0, 0.05) is 12.0 Å². The number of amides is 1. The number of para-hydroxylation sites is 1. The minimum atomic E-state index is -0.171. The molecule has 1 heterocycles. The van der Waals surface area contributed by atoms with Crippen LogP contribution in [0.5, 0.6) is 0 Å². The number of carbonyl (C=O) groups is 1. The first-order valence-corrected chi connectivity index (χ1v) is 9.80.